The van der Waals surface area contributed by atoms with Crippen LogP contribution in [0.4, 0.5) is 23.2 Å². The molecule has 0 saturated carbocycles. The third-order valence-corrected chi connectivity index (χ3v) is 9.83. The first-order valence-corrected chi connectivity index (χ1v) is 15.5. The number of fused-ring (bicyclic) bond motifs is 1. The van der Waals surface area contributed by atoms with Crippen LogP contribution in [0.1, 0.15) is 17.5 Å². The molecule has 246 valence electrons. The predicted molar refractivity (Wildman–Crippen MR) is 158 cm³/mol. The van der Waals surface area contributed by atoms with E-state index in [0.717, 1.165) is 25.3 Å². The average Bonchev–Trinajstić information content (AvgIpc) is 3.50. The summed E-state index contributed by atoms with van der Waals surface area (Å²) in [6.45, 7) is -0.487. The molecule has 2 aliphatic heterocycles. The van der Waals surface area contributed by atoms with Crippen molar-refractivity contribution in [3.63, 3.8) is 0 Å². The van der Waals surface area contributed by atoms with Crippen molar-refractivity contribution >= 4 is 39.1 Å². The van der Waals surface area contributed by atoms with Gasteiger partial charge in [-0.3, -0.25) is 14.5 Å². The van der Waals surface area contributed by atoms with Gasteiger partial charge in [0.05, 0.1) is 25.9 Å². The highest BCUT2D eigenvalue weighted by Crippen LogP contribution is 2.55. The normalized spacial score (nSPS) is 21.7. The van der Waals surface area contributed by atoms with Crippen LogP contribution in [0.5, 0.6) is 17.2 Å². The third-order valence-electron chi connectivity index (χ3n) is 7.86. The minimum atomic E-state index is -5.32. The number of hydrogen-bond donors (Lipinski definition) is 0. The summed E-state index contributed by atoms with van der Waals surface area (Å²) in [4.78, 5) is 30.1. The van der Waals surface area contributed by atoms with Gasteiger partial charge in [-0.05, 0) is 36.4 Å². The highest BCUT2D eigenvalue weighted by atomic mass is 35.5. The molecule has 0 radical (unpaired) electrons. The number of ether oxygens (including phenoxy) is 3. The fourth-order valence-corrected chi connectivity index (χ4v) is 7.77. The Bertz CT molecular complexity index is 1810. The molecule has 5 rings (SSSR count). The lowest BCUT2D eigenvalue weighted by Crippen LogP contribution is -2.59. The van der Waals surface area contributed by atoms with Crippen LogP contribution in [0, 0.1) is 0 Å². The van der Waals surface area contributed by atoms with Gasteiger partial charge in [-0.25, -0.2) is 17.1 Å². The molecule has 0 N–H and O–H groups in total. The number of carbonyl (C=O) groups is 2. The van der Waals surface area contributed by atoms with Crippen LogP contribution in [0.3, 0.4) is 0 Å². The molecule has 1 fully saturated rings. The maximum atomic E-state index is 15.4. The zero-order valence-corrected chi connectivity index (χ0v) is 26.4. The summed E-state index contributed by atoms with van der Waals surface area (Å²) in [7, 11) is 0.132. The number of amides is 2. The topological polar surface area (TPSA) is 106 Å². The van der Waals surface area contributed by atoms with Gasteiger partial charge in [0, 0.05) is 49.3 Å². The summed E-state index contributed by atoms with van der Waals surface area (Å²) < 4.78 is 99.7. The molecule has 2 heterocycles. The first-order valence-electron chi connectivity index (χ1n) is 13.7. The molecule has 3 atom stereocenters. The van der Waals surface area contributed by atoms with Crippen molar-refractivity contribution < 1.29 is 49.8 Å². The van der Waals surface area contributed by atoms with Crippen molar-refractivity contribution in [2.75, 3.05) is 39.2 Å². The lowest BCUT2D eigenvalue weighted by Gasteiger charge is -2.42. The molecular formula is C30H28ClF4N3O7S. The van der Waals surface area contributed by atoms with E-state index in [4.69, 9.17) is 21.1 Å². The molecule has 1 saturated heterocycles. The second kappa shape index (κ2) is 11.9. The number of likely N-dealkylation sites (tertiary alicyclic amines) is 1. The van der Waals surface area contributed by atoms with Gasteiger partial charge < -0.3 is 19.1 Å². The molecule has 1 unspecified atom stereocenters. The van der Waals surface area contributed by atoms with Crippen LogP contribution >= 0.6 is 11.6 Å². The van der Waals surface area contributed by atoms with E-state index in [1.807, 2.05) is 0 Å². The van der Waals surface area contributed by atoms with E-state index in [2.05, 4.69) is 4.74 Å². The van der Waals surface area contributed by atoms with Gasteiger partial charge in [-0.2, -0.15) is 0 Å². The molecule has 16 heteroatoms. The summed E-state index contributed by atoms with van der Waals surface area (Å²) in [6.07, 6.45) is -7.26. The summed E-state index contributed by atoms with van der Waals surface area (Å²) >= 11 is 6.42. The Balaban J connectivity index is 1.85. The van der Waals surface area contributed by atoms with Gasteiger partial charge in [0.15, 0.2) is 11.3 Å². The molecule has 46 heavy (non-hydrogen) atoms. The monoisotopic (exact) mass is 685 g/mol. The number of halogens is 5. The summed E-state index contributed by atoms with van der Waals surface area (Å²) in [5.74, 6) is -3.02. The maximum absolute atomic E-state index is 15.4. The van der Waals surface area contributed by atoms with Crippen molar-refractivity contribution in [2.24, 2.45) is 0 Å². The fourth-order valence-electron chi connectivity index (χ4n) is 6.04. The van der Waals surface area contributed by atoms with E-state index in [9.17, 15) is 26.4 Å². The number of benzene rings is 3. The van der Waals surface area contributed by atoms with E-state index >= 15 is 9.18 Å². The molecule has 0 spiro atoms. The second-order valence-corrected chi connectivity index (χ2v) is 12.9. The van der Waals surface area contributed by atoms with E-state index < -0.39 is 63.1 Å². The number of hydrogen-bond acceptors (Lipinski definition) is 8. The van der Waals surface area contributed by atoms with Crippen LogP contribution in [-0.4, -0.2) is 83.5 Å². The fraction of sp³-hybridized carbons (Fsp3) is 0.333. The minimum absolute atomic E-state index is 0.0517. The van der Waals surface area contributed by atoms with Crippen molar-refractivity contribution in [2.45, 2.75) is 35.4 Å². The number of likely N-dealkylation sites (N-methyl/N-ethyl adjacent to an activating group) is 1. The predicted octanol–water partition coefficient (Wildman–Crippen LogP) is 4.74. The van der Waals surface area contributed by atoms with E-state index in [1.54, 1.807) is 12.1 Å². The van der Waals surface area contributed by atoms with Crippen molar-refractivity contribution in [3.8, 4) is 17.2 Å². The maximum Gasteiger partial charge on any atom is 0.573 e. The quantitative estimate of drug-likeness (QED) is 0.314. The van der Waals surface area contributed by atoms with E-state index in [1.165, 1.54) is 61.3 Å². The van der Waals surface area contributed by atoms with Gasteiger partial charge in [-0.1, -0.05) is 29.8 Å². The smallest absolute Gasteiger partial charge is 0.497 e. The van der Waals surface area contributed by atoms with E-state index in [0.29, 0.717) is 4.31 Å². The lowest BCUT2D eigenvalue weighted by atomic mass is 9.80. The molecular weight excluding hydrogens is 658 g/mol. The highest BCUT2D eigenvalue weighted by molar-refractivity contribution is 7.93. The number of rotatable bonds is 8. The number of nitrogens with zero attached hydrogens (tertiary/aromatic N) is 3. The van der Waals surface area contributed by atoms with Gasteiger partial charge in [0.25, 0.3) is 15.9 Å². The largest absolute Gasteiger partial charge is 0.573 e. The van der Waals surface area contributed by atoms with Gasteiger partial charge in [0.2, 0.25) is 5.91 Å². The Morgan fingerprint density at radius 2 is 1.70 bits per heavy atom. The molecule has 0 bridgehead atoms. The number of carbonyl (C=O) groups excluding carboxylic acids is 2. The number of alkyl halides is 4. The first kappa shape index (κ1) is 33.3. The van der Waals surface area contributed by atoms with Crippen molar-refractivity contribution in [1.82, 2.24) is 9.80 Å². The summed E-state index contributed by atoms with van der Waals surface area (Å²) in [5.41, 5.74) is -2.55. The zero-order valence-electron chi connectivity index (χ0n) is 24.8. The third kappa shape index (κ3) is 5.39. The molecule has 2 amide bonds. The van der Waals surface area contributed by atoms with Crippen LogP contribution in [0.15, 0.2) is 65.6 Å². The average molecular weight is 686 g/mol. The SMILES string of the molecule is COc1ccc(S(=O)(=O)N2C(=O)C(c3ccccc3OC)(N3C[C@H](F)C[C@@H]3C(=O)N(C)C)c3cc(Cl)ccc32)c(OC(F)(F)F)c1. The Hall–Kier alpha value is -4.08. The molecule has 10 nitrogen and oxygen atoms in total. The van der Waals surface area contributed by atoms with Crippen LogP contribution in [-0.2, 0) is 25.2 Å². The first-order chi connectivity index (χ1) is 21.6. The molecule has 2 aliphatic rings. The highest BCUT2D eigenvalue weighted by Gasteiger charge is 2.64. The van der Waals surface area contributed by atoms with Crippen molar-refractivity contribution in [1.29, 1.82) is 0 Å². The zero-order chi connectivity index (χ0) is 33.8. The number of para-hydroxylation sites is 1. The summed E-state index contributed by atoms with van der Waals surface area (Å²) in [6, 6.07) is 11.3. The van der Waals surface area contributed by atoms with Crippen molar-refractivity contribution in [3.05, 3.63) is 76.8 Å². The number of anilines is 1. The van der Waals surface area contributed by atoms with Gasteiger partial charge in [0.1, 0.15) is 22.6 Å². The number of sulfonamides is 1. The standard InChI is InChI=1S/C30H28ClF4N3O7S/c1-36(2)27(39)23-14-18(32)16-37(23)29(20-7-5-6-8-24(20)44-4)21-13-17(31)9-11-22(21)38(28(29)40)46(41,42)26-12-10-19(43-3)15-25(26)45-30(33,34)35/h5-13,15,18,23H,14,16H2,1-4H3/t18-,23-,29?/m1/s1. The Morgan fingerprint density at radius 3 is 2.33 bits per heavy atom. The lowest BCUT2D eigenvalue weighted by molar-refractivity contribution is -0.275. The summed E-state index contributed by atoms with van der Waals surface area (Å²) in [5, 5.41) is 0.0575. The Labute approximate surface area is 267 Å². The molecule has 3 aromatic rings. The molecule has 0 aromatic heterocycles. The van der Waals surface area contributed by atoms with Crippen LogP contribution < -0.4 is 18.5 Å². The molecule has 0 aliphatic carbocycles. The Morgan fingerprint density at radius 1 is 1.00 bits per heavy atom. The van der Waals surface area contributed by atoms with Gasteiger partial charge >= 0.3 is 6.36 Å². The van der Waals surface area contributed by atoms with Gasteiger partial charge in [-0.15, -0.1) is 13.2 Å². The Kier molecular flexibility index (Phi) is 8.64. The van der Waals surface area contributed by atoms with Crippen LogP contribution in [0.25, 0.3) is 0 Å². The second-order valence-electron chi connectivity index (χ2n) is 10.7. The van der Waals surface area contributed by atoms with Crippen LogP contribution in [0.2, 0.25) is 5.02 Å². The number of methoxy groups -OCH3 is 2. The minimum Gasteiger partial charge on any atom is -0.497 e. The van der Waals surface area contributed by atoms with E-state index in [-0.39, 0.29) is 39.8 Å². The molecule has 3 aromatic carbocycles.